The Balaban J connectivity index is 3.45. The lowest BCUT2D eigenvalue weighted by Crippen LogP contribution is -1.90. The van der Waals surface area contributed by atoms with Gasteiger partial charge in [-0.1, -0.05) is 11.6 Å². The average Bonchev–Trinajstić information content (AvgIpc) is 2.30. The number of benzene rings is 1. The first-order valence-corrected chi connectivity index (χ1v) is 5.35. The Morgan fingerprint density at radius 2 is 2.06 bits per heavy atom. The second-order valence-corrected chi connectivity index (χ2v) is 4.02. The van der Waals surface area contributed by atoms with Crippen LogP contribution in [0, 0.1) is 22.7 Å². The van der Waals surface area contributed by atoms with Gasteiger partial charge in [-0.2, -0.15) is 10.5 Å². The minimum atomic E-state index is -0.0294. The van der Waals surface area contributed by atoms with Gasteiger partial charge in [0, 0.05) is 5.56 Å². The number of nitriles is 2. The maximum atomic E-state index is 8.67. The molecule has 16 heavy (non-hydrogen) atoms. The highest BCUT2D eigenvalue weighted by molar-refractivity contribution is 9.10. The normalized spacial score (nSPS) is 8.81. The van der Waals surface area contributed by atoms with Crippen molar-refractivity contribution < 1.29 is 4.74 Å². The van der Waals surface area contributed by atoms with Crippen LogP contribution in [0.3, 0.4) is 0 Å². The van der Waals surface area contributed by atoms with Crippen LogP contribution in [-0.2, 0) is 0 Å². The Bertz CT molecular complexity index is 510. The highest BCUT2D eigenvalue weighted by Gasteiger charge is 2.10. The van der Waals surface area contributed by atoms with E-state index in [1.54, 1.807) is 24.3 Å². The zero-order chi connectivity index (χ0) is 12.1. The molecule has 0 saturated heterocycles. The molecule has 0 radical (unpaired) electrons. The summed E-state index contributed by atoms with van der Waals surface area (Å²) in [5.41, 5.74) is 0.481. The van der Waals surface area contributed by atoms with Crippen molar-refractivity contribution in [2.75, 3.05) is 7.11 Å². The van der Waals surface area contributed by atoms with Crippen molar-refractivity contribution in [1.82, 2.24) is 0 Å². The lowest BCUT2D eigenvalue weighted by Gasteiger charge is -2.08. The van der Waals surface area contributed by atoms with E-state index in [1.807, 2.05) is 0 Å². The van der Waals surface area contributed by atoms with Crippen LogP contribution in [0.15, 0.2) is 22.2 Å². The van der Waals surface area contributed by atoms with Crippen LogP contribution in [0.5, 0.6) is 5.75 Å². The van der Waals surface area contributed by atoms with Gasteiger partial charge < -0.3 is 4.74 Å². The Labute approximate surface area is 107 Å². The fraction of sp³-hybridized carbons (Fsp3) is 0.0909. The van der Waals surface area contributed by atoms with Gasteiger partial charge in [-0.25, -0.2) is 0 Å². The van der Waals surface area contributed by atoms with Crippen molar-refractivity contribution in [2.24, 2.45) is 0 Å². The third-order valence-corrected chi connectivity index (χ3v) is 2.78. The molecule has 1 aromatic carbocycles. The summed E-state index contributed by atoms with van der Waals surface area (Å²) in [7, 11) is 1.49. The molecule has 0 atom stereocenters. The summed E-state index contributed by atoms with van der Waals surface area (Å²) in [6.45, 7) is 0. The molecule has 0 bridgehead atoms. The summed E-state index contributed by atoms with van der Waals surface area (Å²) in [4.78, 5) is 0. The standard InChI is InChI=1S/C11H6BrClN2O/c1-16-11-8(4-7(5-14)6-15)10(13)3-2-9(11)12/h2-4H,1H3. The number of methoxy groups -OCH3 is 1. The smallest absolute Gasteiger partial charge is 0.141 e. The monoisotopic (exact) mass is 296 g/mol. The second-order valence-electron chi connectivity index (χ2n) is 2.76. The Morgan fingerprint density at radius 1 is 1.44 bits per heavy atom. The summed E-state index contributed by atoms with van der Waals surface area (Å²) < 4.78 is 5.86. The number of allylic oxidation sites excluding steroid dienone is 1. The second kappa shape index (κ2) is 5.55. The molecule has 5 heteroatoms. The van der Waals surface area contributed by atoms with Crippen molar-refractivity contribution in [3.63, 3.8) is 0 Å². The Hall–Kier alpha value is -1.49. The highest BCUT2D eigenvalue weighted by Crippen LogP contribution is 2.35. The van der Waals surface area contributed by atoms with E-state index in [1.165, 1.54) is 13.2 Å². The number of nitrogens with zero attached hydrogens (tertiary/aromatic N) is 2. The maximum Gasteiger partial charge on any atom is 0.141 e. The molecule has 0 unspecified atom stereocenters. The van der Waals surface area contributed by atoms with Gasteiger partial charge in [0.05, 0.1) is 16.6 Å². The highest BCUT2D eigenvalue weighted by atomic mass is 79.9. The molecular weight excluding hydrogens is 291 g/mol. The first-order valence-electron chi connectivity index (χ1n) is 4.18. The lowest BCUT2D eigenvalue weighted by molar-refractivity contribution is 0.411. The molecular formula is C11H6BrClN2O. The Kier molecular flexibility index (Phi) is 4.37. The minimum Gasteiger partial charge on any atom is -0.495 e. The van der Waals surface area contributed by atoms with Crippen LogP contribution in [0.4, 0.5) is 0 Å². The van der Waals surface area contributed by atoms with Gasteiger partial charge in [-0.15, -0.1) is 0 Å². The fourth-order valence-corrected chi connectivity index (χ4v) is 1.84. The van der Waals surface area contributed by atoms with Crippen molar-refractivity contribution in [2.45, 2.75) is 0 Å². The fourth-order valence-electron chi connectivity index (χ4n) is 1.12. The molecule has 0 aliphatic rings. The predicted molar refractivity (Wildman–Crippen MR) is 64.9 cm³/mol. The molecule has 0 aliphatic heterocycles. The van der Waals surface area contributed by atoms with E-state index < -0.39 is 0 Å². The van der Waals surface area contributed by atoms with Crippen LogP contribution in [-0.4, -0.2) is 7.11 Å². The molecule has 0 aromatic heterocycles. The van der Waals surface area contributed by atoms with Gasteiger partial charge in [0.15, 0.2) is 0 Å². The van der Waals surface area contributed by atoms with Gasteiger partial charge in [0.25, 0.3) is 0 Å². The van der Waals surface area contributed by atoms with E-state index in [9.17, 15) is 0 Å². The summed E-state index contributed by atoms with van der Waals surface area (Å²) >= 11 is 9.27. The Morgan fingerprint density at radius 3 is 2.56 bits per heavy atom. The van der Waals surface area contributed by atoms with E-state index in [0.717, 1.165) is 0 Å². The predicted octanol–water partition coefficient (Wildman–Crippen LogP) is 3.54. The topological polar surface area (TPSA) is 56.8 Å². The minimum absolute atomic E-state index is 0.0294. The van der Waals surface area contributed by atoms with Gasteiger partial charge in [0.2, 0.25) is 0 Å². The van der Waals surface area contributed by atoms with Gasteiger partial charge >= 0.3 is 0 Å². The molecule has 80 valence electrons. The van der Waals surface area contributed by atoms with Crippen molar-refractivity contribution in [3.05, 3.63) is 32.8 Å². The molecule has 3 nitrogen and oxygen atoms in total. The first kappa shape index (κ1) is 12.6. The summed E-state index contributed by atoms with van der Waals surface area (Å²) in [5, 5.41) is 17.8. The third kappa shape index (κ3) is 2.55. The molecule has 1 aromatic rings. The molecule has 1 rings (SSSR count). The van der Waals surface area contributed by atoms with Crippen LogP contribution in [0.2, 0.25) is 5.02 Å². The van der Waals surface area contributed by atoms with Crippen LogP contribution < -0.4 is 4.74 Å². The number of ether oxygens (including phenoxy) is 1. The van der Waals surface area contributed by atoms with Crippen LogP contribution >= 0.6 is 27.5 Å². The quantitative estimate of drug-likeness (QED) is 0.784. The van der Waals surface area contributed by atoms with E-state index >= 15 is 0 Å². The van der Waals surface area contributed by atoms with Gasteiger partial charge in [0.1, 0.15) is 23.5 Å². The molecule has 0 aliphatic carbocycles. The van der Waals surface area contributed by atoms with Crippen molar-refractivity contribution in [1.29, 1.82) is 10.5 Å². The SMILES string of the molecule is COc1c(Br)ccc(Cl)c1C=C(C#N)C#N. The zero-order valence-electron chi connectivity index (χ0n) is 8.29. The molecule has 0 amide bonds. The van der Waals surface area contributed by atoms with Crippen molar-refractivity contribution in [3.8, 4) is 17.9 Å². The lowest BCUT2D eigenvalue weighted by atomic mass is 10.1. The van der Waals surface area contributed by atoms with E-state index in [2.05, 4.69) is 15.9 Å². The zero-order valence-corrected chi connectivity index (χ0v) is 10.6. The third-order valence-electron chi connectivity index (χ3n) is 1.83. The van der Waals surface area contributed by atoms with E-state index in [0.29, 0.717) is 20.8 Å². The number of halogens is 2. The summed E-state index contributed by atoms with van der Waals surface area (Å²) in [6.07, 6.45) is 1.39. The molecule has 0 saturated carbocycles. The molecule has 0 spiro atoms. The van der Waals surface area contributed by atoms with Crippen LogP contribution in [0.1, 0.15) is 5.56 Å². The van der Waals surface area contributed by atoms with Gasteiger partial charge in [-0.05, 0) is 34.1 Å². The number of hydrogen-bond acceptors (Lipinski definition) is 3. The van der Waals surface area contributed by atoms with E-state index in [-0.39, 0.29) is 5.57 Å². The van der Waals surface area contributed by atoms with Crippen molar-refractivity contribution >= 4 is 33.6 Å². The summed E-state index contributed by atoms with van der Waals surface area (Å²) in [6, 6.07) is 6.93. The first-order chi connectivity index (χ1) is 7.63. The summed E-state index contributed by atoms with van der Waals surface area (Å²) in [5.74, 6) is 0.496. The maximum absolute atomic E-state index is 8.67. The number of hydrogen-bond donors (Lipinski definition) is 0. The molecule has 0 heterocycles. The number of rotatable bonds is 2. The average molecular weight is 298 g/mol. The van der Waals surface area contributed by atoms with Crippen LogP contribution in [0.25, 0.3) is 6.08 Å². The molecule has 0 N–H and O–H groups in total. The largest absolute Gasteiger partial charge is 0.495 e. The van der Waals surface area contributed by atoms with Gasteiger partial charge in [-0.3, -0.25) is 0 Å². The molecule has 0 fully saturated rings. The van der Waals surface area contributed by atoms with E-state index in [4.69, 9.17) is 26.9 Å².